The summed E-state index contributed by atoms with van der Waals surface area (Å²) in [7, 11) is 0. The number of anilines is 1. The number of carbonyl (C=O) groups is 1. The molecule has 0 radical (unpaired) electrons. The first-order valence-corrected chi connectivity index (χ1v) is 6.65. The zero-order chi connectivity index (χ0) is 13.1. The van der Waals surface area contributed by atoms with Crippen molar-refractivity contribution in [3.63, 3.8) is 0 Å². The summed E-state index contributed by atoms with van der Waals surface area (Å²) in [6.45, 7) is 1.77. The van der Waals surface area contributed by atoms with E-state index in [0.29, 0.717) is 31.3 Å². The van der Waals surface area contributed by atoms with Crippen molar-refractivity contribution >= 4 is 11.6 Å². The average Bonchev–Trinajstić information content (AvgIpc) is 2.48. The summed E-state index contributed by atoms with van der Waals surface area (Å²) in [6.07, 6.45) is 2.53. The Morgan fingerprint density at radius 2 is 1.95 bits per heavy atom. The molecule has 2 aliphatic rings. The first-order chi connectivity index (χ1) is 9.33. The van der Waals surface area contributed by atoms with Gasteiger partial charge in [0.05, 0.1) is 0 Å². The maximum atomic E-state index is 12.0. The minimum absolute atomic E-state index is 0.0867. The number of fused-ring (bicyclic) bond motifs is 1. The lowest BCUT2D eigenvalue weighted by Gasteiger charge is -2.22. The van der Waals surface area contributed by atoms with Crippen molar-refractivity contribution < 1.29 is 19.0 Å². The van der Waals surface area contributed by atoms with Gasteiger partial charge in [0, 0.05) is 18.4 Å². The molecule has 1 N–H and O–H groups in total. The lowest BCUT2D eigenvalue weighted by molar-refractivity contribution is -0.129. The molecule has 1 amide bonds. The van der Waals surface area contributed by atoms with E-state index in [9.17, 15) is 4.79 Å². The van der Waals surface area contributed by atoms with Crippen LogP contribution in [0.3, 0.4) is 0 Å². The van der Waals surface area contributed by atoms with Crippen molar-refractivity contribution in [2.75, 3.05) is 25.1 Å². The number of benzene rings is 1. The monoisotopic (exact) mass is 263 g/mol. The molecule has 2 heterocycles. The Balaban J connectivity index is 1.67. The molecule has 1 atom stereocenters. The van der Waals surface area contributed by atoms with Crippen LogP contribution in [0.25, 0.3) is 0 Å². The molecule has 1 fully saturated rings. The van der Waals surface area contributed by atoms with E-state index in [4.69, 9.17) is 14.2 Å². The summed E-state index contributed by atoms with van der Waals surface area (Å²) in [5.74, 6) is 1.31. The Bertz CT molecular complexity index is 469. The molecule has 2 aliphatic heterocycles. The summed E-state index contributed by atoms with van der Waals surface area (Å²) < 4.78 is 16.4. The van der Waals surface area contributed by atoms with E-state index in [1.165, 1.54) is 0 Å². The summed E-state index contributed by atoms with van der Waals surface area (Å²) >= 11 is 0. The van der Waals surface area contributed by atoms with Crippen LogP contribution in [0.1, 0.15) is 19.3 Å². The second kappa shape index (κ2) is 5.48. The molecule has 3 rings (SSSR count). The van der Waals surface area contributed by atoms with Gasteiger partial charge in [0.1, 0.15) is 19.3 Å². The van der Waals surface area contributed by atoms with Crippen LogP contribution in [-0.4, -0.2) is 31.8 Å². The molecule has 0 bridgehead atoms. The summed E-state index contributed by atoms with van der Waals surface area (Å²) in [6, 6.07) is 5.41. The van der Waals surface area contributed by atoms with Crippen LogP contribution in [0.15, 0.2) is 18.2 Å². The predicted molar refractivity (Wildman–Crippen MR) is 69.7 cm³/mol. The molecule has 0 spiro atoms. The standard InChI is InChI=1S/C14H17NO4/c16-14(12-3-1-2-6-17-12)15-10-4-5-11-13(9-10)19-8-7-18-11/h4-5,9,12H,1-3,6-8H2,(H,15,16). The number of rotatable bonds is 2. The SMILES string of the molecule is O=C(Nc1ccc2c(c1)OCCO2)C1CCCCO1. The van der Waals surface area contributed by atoms with Gasteiger partial charge in [-0.25, -0.2) is 0 Å². The molecule has 1 unspecified atom stereocenters. The van der Waals surface area contributed by atoms with Crippen molar-refractivity contribution in [1.29, 1.82) is 0 Å². The predicted octanol–water partition coefficient (Wildman–Crippen LogP) is 1.97. The molecule has 1 aromatic rings. The molecular weight excluding hydrogens is 246 g/mol. The molecule has 102 valence electrons. The van der Waals surface area contributed by atoms with Crippen LogP contribution in [0.2, 0.25) is 0 Å². The molecule has 0 saturated carbocycles. The highest BCUT2D eigenvalue weighted by atomic mass is 16.6. The highest BCUT2D eigenvalue weighted by molar-refractivity contribution is 5.94. The second-order valence-corrected chi connectivity index (χ2v) is 4.70. The van der Waals surface area contributed by atoms with Gasteiger partial charge in [-0.2, -0.15) is 0 Å². The third-order valence-corrected chi connectivity index (χ3v) is 3.28. The minimum atomic E-state index is -0.332. The van der Waals surface area contributed by atoms with E-state index in [0.717, 1.165) is 25.0 Å². The number of ether oxygens (including phenoxy) is 3. The third kappa shape index (κ3) is 2.81. The van der Waals surface area contributed by atoms with Gasteiger partial charge in [-0.1, -0.05) is 0 Å². The van der Waals surface area contributed by atoms with Gasteiger partial charge in [-0.05, 0) is 31.4 Å². The normalized spacial score (nSPS) is 21.8. The van der Waals surface area contributed by atoms with Crippen LogP contribution in [0.5, 0.6) is 11.5 Å². The van der Waals surface area contributed by atoms with Crippen LogP contribution < -0.4 is 14.8 Å². The number of amides is 1. The van der Waals surface area contributed by atoms with Gasteiger partial charge in [0.2, 0.25) is 0 Å². The van der Waals surface area contributed by atoms with E-state index in [2.05, 4.69) is 5.32 Å². The highest BCUT2D eigenvalue weighted by Gasteiger charge is 2.22. The quantitative estimate of drug-likeness (QED) is 0.886. The second-order valence-electron chi connectivity index (χ2n) is 4.70. The third-order valence-electron chi connectivity index (χ3n) is 3.28. The van der Waals surface area contributed by atoms with E-state index >= 15 is 0 Å². The Labute approximate surface area is 111 Å². The van der Waals surface area contributed by atoms with Crippen molar-refractivity contribution in [2.45, 2.75) is 25.4 Å². The van der Waals surface area contributed by atoms with Gasteiger partial charge in [0.25, 0.3) is 5.91 Å². The maximum absolute atomic E-state index is 12.0. The summed E-state index contributed by atoms with van der Waals surface area (Å²) in [5.41, 5.74) is 0.712. The van der Waals surface area contributed by atoms with E-state index < -0.39 is 0 Å². The number of carbonyl (C=O) groups excluding carboxylic acids is 1. The van der Waals surface area contributed by atoms with Crippen molar-refractivity contribution in [3.05, 3.63) is 18.2 Å². The molecule has 19 heavy (non-hydrogen) atoms. The molecule has 1 aromatic carbocycles. The van der Waals surface area contributed by atoms with Crippen molar-refractivity contribution in [1.82, 2.24) is 0 Å². The Morgan fingerprint density at radius 3 is 2.74 bits per heavy atom. The van der Waals surface area contributed by atoms with Gasteiger partial charge >= 0.3 is 0 Å². The molecule has 5 nitrogen and oxygen atoms in total. The smallest absolute Gasteiger partial charge is 0.253 e. The van der Waals surface area contributed by atoms with Crippen molar-refractivity contribution in [3.8, 4) is 11.5 Å². The van der Waals surface area contributed by atoms with Gasteiger partial charge in [0.15, 0.2) is 11.5 Å². The minimum Gasteiger partial charge on any atom is -0.486 e. The number of hydrogen-bond acceptors (Lipinski definition) is 4. The fourth-order valence-corrected chi connectivity index (χ4v) is 2.29. The Morgan fingerprint density at radius 1 is 1.11 bits per heavy atom. The maximum Gasteiger partial charge on any atom is 0.253 e. The number of hydrogen-bond donors (Lipinski definition) is 1. The molecule has 5 heteroatoms. The van der Waals surface area contributed by atoms with Crippen LogP contribution in [0, 0.1) is 0 Å². The largest absolute Gasteiger partial charge is 0.486 e. The fraction of sp³-hybridized carbons (Fsp3) is 0.500. The van der Waals surface area contributed by atoms with Gasteiger partial charge < -0.3 is 19.5 Å². The molecule has 0 aliphatic carbocycles. The molecular formula is C14H17NO4. The van der Waals surface area contributed by atoms with E-state index in [1.54, 1.807) is 6.07 Å². The Hall–Kier alpha value is -1.75. The molecule has 0 aromatic heterocycles. The Kier molecular flexibility index (Phi) is 3.55. The van der Waals surface area contributed by atoms with E-state index in [1.807, 2.05) is 12.1 Å². The summed E-state index contributed by atoms with van der Waals surface area (Å²) in [5, 5.41) is 2.86. The lowest BCUT2D eigenvalue weighted by Crippen LogP contribution is -2.33. The first-order valence-electron chi connectivity index (χ1n) is 6.65. The van der Waals surface area contributed by atoms with Crippen LogP contribution >= 0.6 is 0 Å². The van der Waals surface area contributed by atoms with Gasteiger partial charge in [-0.3, -0.25) is 4.79 Å². The van der Waals surface area contributed by atoms with Gasteiger partial charge in [-0.15, -0.1) is 0 Å². The topological polar surface area (TPSA) is 56.8 Å². The summed E-state index contributed by atoms with van der Waals surface area (Å²) in [4.78, 5) is 12.0. The van der Waals surface area contributed by atoms with Crippen LogP contribution in [-0.2, 0) is 9.53 Å². The number of nitrogens with one attached hydrogen (secondary N) is 1. The van der Waals surface area contributed by atoms with Crippen LogP contribution in [0.4, 0.5) is 5.69 Å². The zero-order valence-electron chi connectivity index (χ0n) is 10.7. The highest BCUT2D eigenvalue weighted by Crippen LogP contribution is 2.32. The fourth-order valence-electron chi connectivity index (χ4n) is 2.29. The van der Waals surface area contributed by atoms with E-state index in [-0.39, 0.29) is 12.0 Å². The average molecular weight is 263 g/mol. The van der Waals surface area contributed by atoms with Crippen molar-refractivity contribution in [2.24, 2.45) is 0 Å². The lowest BCUT2D eigenvalue weighted by atomic mass is 10.1. The molecule has 1 saturated heterocycles. The first kappa shape index (κ1) is 12.3. The zero-order valence-corrected chi connectivity index (χ0v) is 10.7.